The summed E-state index contributed by atoms with van der Waals surface area (Å²) in [5.41, 5.74) is 2.72. The van der Waals surface area contributed by atoms with E-state index in [4.69, 9.17) is 4.42 Å². The Hall–Kier alpha value is -3.91. The molecule has 31 heavy (non-hydrogen) atoms. The van der Waals surface area contributed by atoms with Crippen molar-refractivity contribution in [2.24, 2.45) is 0 Å². The van der Waals surface area contributed by atoms with Gasteiger partial charge in [0.1, 0.15) is 11.6 Å². The Balaban J connectivity index is 1.84. The molecule has 0 atom stereocenters. The van der Waals surface area contributed by atoms with Crippen LogP contribution in [0.3, 0.4) is 0 Å². The highest BCUT2D eigenvalue weighted by atomic mass is 32.1. The van der Waals surface area contributed by atoms with Gasteiger partial charge in [0.15, 0.2) is 11.5 Å². The Morgan fingerprint density at radius 2 is 1.94 bits per heavy atom. The van der Waals surface area contributed by atoms with Crippen molar-refractivity contribution in [2.45, 2.75) is 6.92 Å². The Bertz CT molecular complexity index is 1460. The molecule has 0 saturated heterocycles. The maximum Gasteiger partial charge on any atom is 0.240 e. The van der Waals surface area contributed by atoms with Crippen LogP contribution in [0.5, 0.6) is 11.6 Å². The van der Waals surface area contributed by atoms with E-state index in [0.29, 0.717) is 11.4 Å². The van der Waals surface area contributed by atoms with E-state index in [-0.39, 0.29) is 22.6 Å². The number of benzene rings is 2. The summed E-state index contributed by atoms with van der Waals surface area (Å²) in [4.78, 5) is 17.5. The number of aromatic hydroxyl groups is 2. The van der Waals surface area contributed by atoms with E-state index >= 15 is 0 Å². The van der Waals surface area contributed by atoms with Gasteiger partial charge in [0.05, 0.1) is 32.7 Å². The summed E-state index contributed by atoms with van der Waals surface area (Å²) in [6.07, 6.45) is 0. The maximum atomic E-state index is 14.8. The van der Waals surface area contributed by atoms with Crippen LogP contribution in [0.4, 0.5) is 4.39 Å². The molecule has 3 heterocycles. The number of carbonyl (C=O) groups excluding carboxylic acids is 1. The highest BCUT2D eigenvalue weighted by Gasteiger charge is 2.32. The summed E-state index contributed by atoms with van der Waals surface area (Å²) >= 11 is 1.40. The lowest BCUT2D eigenvalue weighted by molar-refractivity contribution is 0.101. The molecule has 0 amide bonds. The average molecular weight is 434 g/mol. The largest absolute Gasteiger partial charge is 0.503 e. The minimum absolute atomic E-state index is 0.0241. The number of hydrogen-bond acceptors (Lipinski definition) is 6. The predicted octanol–water partition coefficient (Wildman–Crippen LogP) is 5.44. The zero-order chi connectivity index (χ0) is 21.7. The molecule has 2 N–H and O–H groups in total. The molecule has 3 aromatic heterocycles. The van der Waals surface area contributed by atoms with Crippen molar-refractivity contribution in [1.29, 1.82) is 0 Å². The first-order valence-electron chi connectivity index (χ1n) is 9.32. The van der Waals surface area contributed by atoms with Crippen LogP contribution in [0.1, 0.15) is 21.9 Å². The van der Waals surface area contributed by atoms with E-state index in [1.807, 2.05) is 0 Å². The van der Waals surface area contributed by atoms with Gasteiger partial charge >= 0.3 is 0 Å². The number of nitrogens with zero attached hydrogens (tertiary/aromatic N) is 2. The predicted molar refractivity (Wildman–Crippen MR) is 115 cm³/mol. The first kappa shape index (κ1) is 19.1. The molecule has 6 nitrogen and oxygen atoms in total. The third-order valence-corrected chi connectivity index (χ3v) is 5.81. The second kappa shape index (κ2) is 7.10. The molecule has 0 spiro atoms. The van der Waals surface area contributed by atoms with Crippen molar-refractivity contribution >= 4 is 27.3 Å². The van der Waals surface area contributed by atoms with Crippen LogP contribution in [0.25, 0.3) is 27.2 Å². The summed E-state index contributed by atoms with van der Waals surface area (Å²) in [5.74, 6) is -2.02. The minimum atomic E-state index is -0.670. The molecule has 0 saturated carbocycles. The van der Waals surface area contributed by atoms with Crippen molar-refractivity contribution in [3.8, 4) is 28.6 Å². The normalized spacial score (nSPS) is 11.3. The number of aryl methyl sites for hydroxylation is 1. The molecule has 0 aliphatic carbocycles. The number of rotatable bonds is 4. The van der Waals surface area contributed by atoms with E-state index in [1.165, 1.54) is 40.2 Å². The molecule has 0 radical (unpaired) electrons. The molecule has 5 aromatic rings. The maximum absolute atomic E-state index is 14.8. The number of furan rings is 1. The molecular weight excluding hydrogens is 419 g/mol. The lowest BCUT2D eigenvalue weighted by Crippen LogP contribution is -2.05. The number of carbonyl (C=O) groups is 1. The van der Waals surface area contributed by atoms with Crippen LogP contribution < -0.4 is 0 Å². The summed E-state index contributed by atoms with van der Waals surface area (Å²) < 4.78 is 22.4. The fourth-order valence-electron chi connectivity index (χ4n) is 3.59. The number of fused-ring (bicyclic) bond motifs is 1. The molecule has 0 fully saturated rings. The van der Waals surface area contributed by atoms with Gasteiger partial charge in [0.25, 0.3) is 0 Å². The standard InChI is InChI=1S/C23H15FN2O4S/c1-12-6-9-17(30-12)21(27)19-20(14-4-2-3-5-15(14)24)26(23(29)22(19)28)13-7-8-16-18(10-13)31-11-25-16/h2-11,28-29H,1H3. The third-order valence-electron chi connectivity index (χ3n) is 5.01. The van der Waals surface area contributed by atoms with Crippen LogP contribution in [-0.4, -0.2) is 25.5 Å². The molecule has 0 aliphatic heterocycles. The van der Waals surface area contributed by atoms with E-state index in [0.717, 1.165) is 10.2 Å². The van der Waals surface area contributed by atoms with Crippen LogP contribution in [-0.2, 0) is 0 Å². The van der Waals surface area contributed by atoms with Gasteiger partial charge in [0, 0.05) is 5.56 Å². The van der Waals surface area contributed by atoms with E-state index in [2.05, 4.69) is 4.98 Å². The van der Waals surface area contributed by atoms with Crippen molar-refractivity contribution in [3.63, 3.8) is 0 Å². The summed E-state index contributed by atoms with van der Waals surface area (Å²) in [6.45, 7) is 1.68. The summed E-state index contributed by atoms with van der Waals surface area (Å²) in [5, 5.41) is 21.6. The molecule has 154 valence electrons. The van der Waals surface area contributed by atoms with E-state index < -0.39 is 23.2 Å². The number of thiazole rings is 1. The Morgan fingerprint density at radius 3 is 2.68 bits per heavy atom. The van der Waals surface area contributed by atoms with Gasteiger partial charge < -0.3 is 14.6 Å². The third kappa shape index (κ3) is 3.00. The monoisotopic (exact) mass is 434 g/mol. The van der Waals surface area contributed by atoms with Gasteiger partial charge in [0.2, 0.25) is 11.7 Å². The van der Waals surface area contributed by atoms with E-state index in [1.54, 1.807) is 42.8 Å². The van der Waals surface area contributed by atoms with Crippen molar-refractivity contribution in [2.75, 3.05) is 0 Å². The average Bonchev–Trinajstić information content (AvgIpc) is 3.46. The Labute approximate surface area is 179 Å². The lowest BCUT2D eigenvalue weighted by Gasteiger charge is -2.12. The molecule has 0 bridgehead atoms. The van der Waals surface area contributed by atoms with Crippen LogP contribution in [0.15, 0.2) is 64.5 Å². The SMILES string of the molecule is Cc1ccc(C(=O)c2c(O)c(O)n(-c3ccc4ncsc4c3)c2-c2ccccc2F)o1. The van der Waals surface area contributed by atoms with Crippen LogP contribution in [0.2, 0.25) is 0 Å². The number of hydrogen-bond donors (Lipinski definition) is 2. The lowest BCUT2D eigenvalue weighted by atomic mass is 10.0. The van der Waals surface area contributed by atoms with Gasteiger partial charge in [-0.2, -0.15) is 0 Å². The molecule has 5 rings (SSSR count). The summed E-state index contributed by atoms with van der Waals surface area (Å²) in [6, 6.07) is 14.1. The van der Waals surface area contributed by atoms with Gasteiger partial charge in [-0.3, -0.25) is 9.36 Å². The topological polar surface area (TPSA) is 88.5 Å². The fraction of sp³-hybridized carbons (Fsp3) is 0.0435. The zero-order valence-electron chi connectivity index (χ0n) is 16.2. The second-order valence-corrected chi connectivity index (χ2v) is 7.84. The second-order valence-electron chi connectivity index (χ2n) is 6.95. The van der Waals surface area contributed by atoms with Crippen molar-refractivity contribution in [3.05, 3.63) is 83.0 Å². The highest BCUT2D eigenvalue weighted by molar-refractivity contribution is 7.16. The molecular formula is C23H15FN2O4S. The molecule has 8 heteroatoms. The number of halogens is 1. The molecule has 0 aliphatic rings. The fourth-order valence-corrected chi connectivity index (χ4v) is 4.30. The smallest absolute Gasteiger partial charge is 0.240 e. The van der Waals surface area contributed by atoms with Crippen LogP contribution in [0, 0.1) is 12.7 Å². The summed E-state index contributed by atoms with van der Waals surface area (Å²) in [7, 11) is 0. The van der Waals surface area contributed by atoms with Gasteiger partial charge in [-0.15, -0.1) is 11.3 Å². The number of aromatic nitrogens is 2. The minimum Gasteiger partial charge on any atom is -0.503 e. The van der Waals surface area contributed by atoms with Gasteiger partial charge in [-0.1, -0.05) is 12.1 Å². The van der Waals surface area contributed by atoms with E-state index in [9.17, 15) is 19.4 Å². The highest BCUT2D eigenvalue weighted by Crippen LogP contribution is 2.45. The molecule has 0 unspecified atom stereocenters. The zero-order valence-corrected chi connectivity index (χ0v) is 17.0. The van der Waals surface area contributed by atoms with Gasteiger partial charge in [-0.05, 0) is 49.4 Å². The van der Waals surface area contributed by atoms with Crippen LogP contribution >= 0.6 is 11.3 Å². The Kier molecular flexibility index (Phi) is 4.37. The first-order valence-corrected chi connectivity index (χ1v) is 10.2. The van der Waals surface area contributed by atoms with Crippen molar-refractivity contribution < 1.29 is 23.8 Å². The Morgan fingerprint density at radius 1 is 1.13 bits per heavy atom. The quantitative estimate of drug-likeness (QED) is 0.368. The van der Waals surface area contributed by atoms with Gasteiger partial charge in [-0.25, -0.2) is 9.37 Å². The van der Waals surface area contributed by atoms with Crippen molar-refractivity contribution in [1.82, 2.24) is 9.55 Å². The number of ketones is 1. The molecule has 2 aromatic carbocycles. The first-order chi connectivity index (χ1) is 15.0.